The highest BCUT2D eigenvalue weighted by Gasteiger charge is 2.39. The Morgan fingerprint density at radius 3 is 2.50 bits per heavy atom. The molecule has 1 unspecified atom stereocenters. The Morgan fingerprint density at radius 1 is 1.50 bits per heavy atom. The zero-order valence-electron chi connectivity index (χ0n) is 11.3. The average molecular weight is 226 g/mol. The molecule has 1 aliphatic rings. The van der Waals surface area contributed by atoms with Crippen LogP contribution in [0.3, 0.4) is 0 Å². The van der Waals surface area contributed by atoms with Crippen molar-refractivity contribution in [3.8, 4) is 0 Å². The fourth-order valence-corrected chi connectivity index (χ4v) is 2.13. The van der Waals surface area contributed by atoms with Gasteiger partial charge in [-0.2, -0.15) is 0 Å². The van der Waals surface area contributed by atoms with Crippen molar-refractivity contribution in [3.05, 3.63) is 0 Å². The Labute approximate surface area is 99.4 Å². The van der Waals surface area contributed by atoms with E-state index in [1.165, 1.54) is 0 Å². The minimum atomic E-state index is -0.239. The normalized spacial score (nSPS) is 25.6. The number of piperidine rings is 1. The van der Waals surface area contributed by atoms with Crippen LogP contribution in [0.4, 0.5) is 0 Å². The molecule has 0 saturated carbocycles. The molecule has 1 amide bonds. The van der Waals surface area contributed by atoms with E-state index in [2.05, 4.69) is 20.8 Å². The molecule has 1 fully saturated rings. The largest absolute Gasteiger partial charge is 0.342 e. The van der Waals surface area contributed by atoms with E-state index in [1.54, 1.807) is 0 Å². The Kier molecular flexibility index (Phi) is 3.68. The van der Waals surface area contributed by atoms with E-state index in [9.17, 15) is 4.79 Å². The molecule has 0 aromatic rings. The van der Waals surface area contributed by atoms with Crippen LogP contribution in [0.15, 0.2) is 0 Å². The van der Waals surface area contributed by atoms with Gasteiger partial charge in [0.1, 0.15) is 0 Å². The summed E-state index contributed by atoms with van der Waals surface area (Å²) < 4.78 is 0. The van der Waals surface area contributed by atoms with Crippen molar-refractivity contribution in [2.24, 2.45) is 16.6 Å². The van der Waals surface area contributed by atoms with Crippen molar-refractivity contribution < 1.29 is 4.79 Å². The second-order valence-electron chi connectivity index (χ2n) is 6.35. The van der Waals surface area contributed by atoms with Crippen LogP contribution in [-0.4, -0.2) is 29.9 Å². The van der Waals surface area contributed by atoms with Crippen molar-refractivity contribution in [3.63, 3.8) is 0 Å². The van der Waals surface area contributed by atoms with Gasteiger partial charge in [0.15, 0.2) is 0 Å². The van der Waals surface area contributed by atoms with Gasteiger partial charge in [-0.15, -0.1) is 0 Å². The van der Waals surface area contributed by atoms with Crippen molar-refractivity contribution >= 4 is 5.91 Å². The van der Waals surface area contributed by atoms with Crippen LogP contribution >= 0.6 is 0 Å². The van der Waals surface area contributed by atoms with E-state index in [-0.39, 0.29) is 22.8 Å². The van der Waals surface area contributed by atoms with Gasteiger partial charge in [0, 0.05) is 24.5 Å². The van der Waals surface area contributed by atoms with Gasteiger partial charge < -0.3 is 10.6 Å². The molecule has 0 radical (unpaired) electrons. The molecule has 0 aromatic heterocycles. The Balaban J connectivity index is 2.74. The lowest BCUT2D eigenvalue weighted by atomic mass is 9.78. The van der Waals surface area contributed by atoms with Gasteiger partial charge in [0.2, 0.25) is 5.91 Å². The van der Waals surface area contributed by atoms with Crippen LogP contribution in [0, 0.1) is 10.8 Å². The van der Waals surface area contributed by atoms with E-state index in [1.807, 2.05) is 18.7 Å². The number of nitrogens with two attached hydrogens (primary N) is 1. The molecule has 1 saturated heterocycles. The van der Waals surface area contributed by atoms with Gasteiger partial charge >= 0.3 is 0 Å². The number of likely N-dealkylation sites (tertiary alicyclic amines) is 1. The molecule has 3 nitrogen and oxygen atoms in total. The lowest BCUT2D eigenvalue weighted by Gasteiger charge is -2.44. The molecule has 0 bridgehead atoms. The van der Waals surface area contributed by atoms with Gasteiger partial charge in [-0.3, -0.25) is 4.79 Å². The quantitative estimate of drug-likeness (QED) is 0.783. The van der Waals surface area contributed by atoms with Crippen LogP contribution in [0.5, 0.6) is 0 Å². The summed E-state index contributed by atoms with van der Waals surface area (Å²) in [5.41, 5.74) is 5.88. The number of nitrogens with zero attached hydrogens (tertiary/aromatic N) is 1. The number of hydrogen-bond donors (Lipinski definition) is 1. The van der Waals surface area contributed by atoms with Gasteiger partial charge in [0.05, 0.1) is 0 Å². The maximum absolute atomic E-state index is 12.3. The monoisotopic (exact) mass is 226 g/mol. The fraction of sp³-hybridized carbons (Fsp3) is 0.923. The Bertz CT molecular complexity index is 271. The number of amides is 1. The summed E-state index contributed by atoms with van der Waals surface area (Å²) in [6.45, 7) is 12.0. The van der Waals surface area contributed by atoms with Crippen LogP contribution in [0.25, 0.3) is 0 Å². The van der Waals surface area contributed by atoms with Crippen molar-refractivity contribution in [2.45, 2.75) is 53.5 Å². The minimum absolute atomic E-state index is 0.0394. The van der Waals surface area contributed by atoms with E-state index >= 15 is 0 Å². The molecule has 1 heterocycles. The lowest BCUT2D eigenvalue weighted by Crippen LogP contribution is -2.56. The zero-order chi connectivity index (χ0) is 12.6. The SMILES string of the molecule is CCC(C)(C)C(=O)N1CCC(N)C(C)(C)C1. The van der Waals surface area contributed by atoms with Gasteiger partial charge in [-0.1, -0.05) is 34.6 Å². The summed E-state index contributed by atoms with van der Waals surface area (Å²) in [7, 11) is 0. The first-order valence-electron chi connectivity index (χ1n) is 6.25. The molecular weight excluding hydrogens is 200 g/mol. The van der Waals surface area contributed by atoms with Gasteiger partial charge in [-0.05, 0) is 18.3 Å². The maximum Gasteiger partial charge on any atom is 0.228 e. The Hall–Kier alpha value is -0.570. The highest BCUT2D eigenvalue weighted by Crippen LogP contribution is 2.31. The summed E-state index contributed by atoms with van der Waals surface area (Å²) in [5.74, 6) is 0.273. The second kappa shape index (κ2) is 4.36. The van der Waals surface area contributed by atoms with Crippen molar-refractivity contribution in [1.82, 2.24) is 4.90 Å². The maximum atomic E-state index is 12.3. The third-order valence-electron chi connectivity index (χ3n) is 4.06. The smallest absolute Gasteiger partial charge is 0.228 e. The first-order valence-corrected chi connectivity index (χ1v) is 6.25. The van der Waals surface area contributed by atoms with Crippen LogP contribution in [0.1, 0.15) is 47.5 Å². The molecule has 0 spiro atoms. The summed E-state index contributed by atoms with van der Waals surface area (Å²) >= 11 is 0. The number of carbonyl (C=O) groups is 1. The highest BCUT2D eigenvalue weighted by molar-refractivity contribution is 5.82. The third-order valence-corrected chi connectivity index (χ3v) is 4.06. The second-order valence-corrected chi connectivity index (χ2v) is 6.35. The molecule has 2 N–H and O–H groups in total. The predicted octanol–water partition coefficient (Wildman–Crippen LogP) is 2.01. The topological polar surface area (TPSA) is 46.3 Å². The molecule has 1 rings (SSSR count). The number of carbonyl (C=O) groups excluding carboxylic acids is 1. The van der Waals surface area contributed by atoms with Crippen LogP contribution in [0.2, 0.25) is 0 Å². The van der Waals surface area contributed by atoms with Crippen molar-refractivity contribution in [2.75, 3.05) is 13.1 Å². The van der Waals surface area contributed by atoms with E-state index in [4.69, 9.17) is 5.73 Å². The van der Waals surface area contributed by atoms with E-state index in [0.29, 0.717) is 0 Å². The van der Waals surface area contributed by atoms with E-state index < -0.39 is 0 Å². The van der Waals surface area contributed by atoms with Gasteiger partial charge in [-0.25, -0.2) is 0 Å². The molecule has 1 atom stereocenters. The standard InChI is InChI=1S/C13H26N2O/c1-6-12(2,3)11(16)15-8-7-10(14)13(4,5)9-15/h10H,6-9,14H2,1-5H3. The zero-order valence-corrected chi connectivity index (χ0v) is 11.3. The molecule has 3 heteroatoms. The molecule has 1 aliphatic heterocycles. The number of rotatable bonds is 2. The van der Waals surface area contributed by atoms with E-state index in [0.717, 1.165) is 25.9 Å². The summed E-state index contributed by atoms with van der Waals surface area (Å²) in [5, 5.41) is 0. The predicted molar refractivity (Wildman–Crippen MR) is 67.0 cm³/mol. The third kappa shape index (κ3) is 2.57. The minimum Gasteiger partial charge on any atom is -0.342 e. The first-order chi connectivity index (χ1) is 7.20. The molecule has 0 aromatic carbocycles. The van der Waals surface area contributed by atoms with Gasteiger partial charge in [0.25, 0.3) is 0 Å². The molecule has 94 valence electrons. The van der Waals surface area contributed by atoms with Crippen LogP contribution in [-0.2, 0) is 4.79 Å². The highest BCUT2D eigenvalue weighted by atomic mass is 16.2. The Morgan fingerprint density at radius 2 is 2.06 bits per heavy atom. The first kappa shape index (κ1) is 13.5. The molecule has 16 heavy (non-hydrogen) atoms. The lowest BCUT2D eigenvalue weighted by molar-refractivity contribution is -0.144. The fourth-order valence-electron chi connectivity index (χ4n) is 2.13. The average Bonchev–Trinajstić information content (AvgIpc) is 2.21. The van der Waals surface area contributed by atoms with Crippen LogP contribution < -0.4 is 5.73 Å². The summed E-state index contributed by atoms with van der Waals surface area (Å²) in [6, 6.07) is 0.210. The molecular formula is C13H26N2O. The number of hydrogen-bond acceptors (Lipinski definition) is 2. The van der Waals surface area contributed by atoms with Crippen molar-refractivity contribution in [1.29, 1.82) is 0 Å². The molecule has 0 aliphatic carbocycles. The summed E-state index contributed by atoms with van der Waals surface area (Å²) in [6.07, 6.45) is 1.80. The summed E-state index contributed by atoms with van der Waals surface area (Å²) in [4.78, 5) is 14.3.